The van der Waals surface area contributed by atoms with Gasteiger partial charge in [-0.15, -0.1) is 0 Å². The molecule has 0 unspecified atom stereocenters. The van der Waals surface area contributed by atoms with E-state index in [1.54, 1.807) is 21.3 Å². The van der Waals surface area contributed by atoms with Crippen LogP contribution in [-0.2, 0) is 11.3 Å². The van der Waals surface area contributed by atoms with Crippen molar-refractivity contribution in [1.82, 2.24) is 9.80 Å². The summed E-state index contributed by atoms with van der Waals surface area (Å²) in [4.78, 5) is 16.8. The third-order valence-electron chi connectivity index (χ3n) is 5.14. The second kappa shape index (κ2) is 9.67. The summed E-state index contributed by atoms with van der Waals surface area (Å²) >= 11 is 0. The maximum atomic E-state index is 12.5. The van der Waals surface area contributed by atoms with Crippen molar-refractivity contribution in [2.24, 2.45) is 5.92 Å². The molecule has 0 spiro atoms. The lowest BCUT2D eigenvalue weighted by Crippen LogP contribution is -2.42. The van der Waals surface area contributed by atoms with Crippen molar-refractivity contribution in [3.05, 3.63) is 17.7 Å². The van der Waals surface area contributed by atoms with Crippen molar-refractivity contribution in [3.63, 3.8) is 0 Å². The highest BCUT2D eigenvalue weighted by Crippen LogP contribution is 2.38. The number of carbonyl (C=O) groups excluding carboxylic acids is 1. The number of benzene rings is 1. The van der Waals surface area contributed by atoms with E-state index >= 15 is 0 Å². The smallest absolute Gasteiger partial charge is 0.225 e. The van der Waals surface area contributed by atoms with Gasteiger partial charge in [0.25, 0.3) is 0 Å². The molecule has 1 aliphatic heterocycles. The zero-order valence-electron chi connectivity index (χ0n) is 16.7. The lowest BCUT2D eigenvalue weighted by molar-refractivity contribution is -0.136. The molecule has 0 atom stereocenters. The fourth-order valence-corrected chi connectivity index (χ4v) is 3.62. The monoisotopic (exact) mass is 364 g/mol. The highest BCUT2D eigenvalue weighted by Gasteiger charge is 2.27. The summed E-state index contributed by atoms with van der Waals surface area (Å²) in [5.41, 5.74) is 1.12. The van der Waals surface area contributed by atoms with E-state index in [0.29, 0.717) is 23.2 Å². The summed E-state index contributed by atoms with van der Waals surface area (Å²) in [5.74, 6) is 2.43. The standard InChI is InChI=1S/C20H32N2O4/c1-6-22(7-2)20(23)16-8-10-21(11-9-16)14-15-12-17(24-3)19(26-5)18(13-15)25-4/h12-13,16H,6-11,14H2,1-5H3. The molecule has 1 fully saturated rings. The zero-order valence-corrected chi connectivity index (χ0v) is 16.7. The van der Waals surface area contributed by atoms with E-state index in [4.69, 9.17) is 14.2 Å². The minimum absolute atomic E-state index is 0.158. The number of hydrogen-bond acceptors (Lipinski definition) is 5. The van der Waals surface area contributed by atoms with Gasteiger partial charge in [0.2, 0.25) is 11.7 Å². The number of carbonyl (C=O) groups is 1. The topological polar surface area (TPSA) is 51.2 Å². The van der Waals surface area contributed by atoms with Crippen molar-refractivity contribution in [3.8, 4) is 17.2 Å². The van der Waals surface area contributed by atoms with Crippen LogP contribution < -0.4 is 14.2 Å². The molecular formula is C20H32N2O4. The Kier molecular flexibility index (Phi) is 7.57. The van der Waals surface area contributed by atoms with Crippen LogP contribution in [0.25, 0.3) is 0 Å². The second-order valence-corrected chi connectivity index (χ2v) is 6.59. The first-order valence-electron chi connectivity index (χ1n) is 9.37. The van der Waals surface area contributed by atoms with E-state index in [9.17, 15) is 4.79 Å². The zero-order chi connectivity index (χ0) is 19.1. The van der Waals surface area contributed by atoms with Crippen LogP contribution in [0.4, 0.5) is 0 Å². The summed E-state index contributed by atoms with van der Waals surface area (Å²) in [6.07, 6.45) is 1.83. The third kappa shape index (κ3) is 4.61. The highest BCUT2D eigenvalue weighted by atomic mass is 16.5. The summed E-state index contributed by atoms with van der Waals surface area (Å²) in [7, 11) is 4.87. The van der Waals surface area contributed by atoms with E-state index in [1.807, 2.05) is 30.9 Å². The molecule has 6 heteroatoms. The van der Waals surface area contributed by atoms with Crippen molar-refractivity contribution in [1.29, 1.82) is 0 Å². The Morgan fingerprint density at radius 1 is 1.04 bits per heavy atom. The SMILES string of the molecule is CCN(CC)C(=O)C1CCN(Cc2cc(OC)c(OC)c(OC)c2)CC1. The normalized spacial score (nSPS) is 15.6. The van der Waals surface area contributed by atoms with Crippen LogP contribution >= 0.6 is 0 Å². The molecule has 1 aromatic carbocycles. The van der Waals surface area contributed by atoms with Crippen LogP contribution in [0, 0.1) is 5.92 Å². The van der Waals surface area contributed by atoms with E-state index in [-0.39, 0.29) is 5.92 Å². The minimum Gasteiger partial charge on any atom is -0.493 e. The van der Waals surface area contributed by atoms with E-state index in [0.717, 1.165) is 51.1 Å². The van der Waals surface area contributed by atoms with Gasteiger partial charge in [-0.2, -0.15) is 0 Å². The molecule has 0 aliphatic carbocycles. The first kappa shape index (κ1) is 20.4. The predicted molar refractivity (Wildman–Crippen MR) is 102 cm³/mol. The Labute approximate surface area is 157 Å². The second-order valence-electron chi connectivity index (χ2n) is 6.59. The average molecular weight is 364 g/mol. The summed E-state index contributed by atoms with van der Waals surface area (Å²) in [5, 5.41) is 0. The first-order valence-corrected chi connectivity index (χ1v) is 9.37. The van der Waals surface area contributed by atoms with Gasteiger partial charge in [-0.3, -0.25) is 9.69 Å². The molecule has 1 heterocycles. The number of likely N-dealkylation sites (tertiary alicyclic amines) is 1. The van der Waals surface area contributed by atoms with E-state index in [2.05, 4.69) is 4.90 Å². The maximum Gasteiger partial charge on any atom is 0.225 e. The number of methoxy groups -OCH3 is 3. The van der Waals surface area contributed by atoms with E-state index in [1.165, 1.54) is 0 Å². The number of rotatable bonds is 8. The largest absolute Gasteiger partial charge is 0.493 e. The number of hydrogen-bond donors (Lipinski definition) is 0. The van der Waals surface area contributed by atoms with Crippen molar-refractivity contribution in [2.75, 3.05) is 47.5 Å². The molecule has 1 aliphatic rings. The van der Waals surface area contributed by atoms with Gasteiger partial charge in [0.05, 0.1) is 21.3 Å². The Hall–Kier alpha value is -1.95. The molecule has 0 aromatic heterocycles. The van der Waals surface area contributed by atoms with Crippen LogP contribution in [0.2, 0.25) is 0 Å². The molecule has 1 amide bonds. The van der Waals surface area contributed by atoms with E-state index < -0.39 is 0 Å². The molecule has 1 aromatic rings. The van der Waals surface area contributed by atoms with Crippen LogP contribution in [0.1, 0.15) is 32.3 Å². The number of piperidine rings is 1. The molecule has 6 nitrogen and oxygen atoms in total. The van der Waals surface area contributed by atoms with Crippen molar-refractivity contribution < 1.29 is 19.0 Å². The molecule has 0 radical (unpaired) electrons. The van der Waals surface area contributed by atoms with Crippen LogP contribution in [0.3, 0.4) is 0 Å². The lowest BCUT2D eigenvalue weighted by atomic mass is 9.95. The quantitative estimate of drug-likeness (QED) is 0.710. The molecule has 2 rings (SSSR count). The van der Waals surface area contributed by atoms with Gasteiger partial charge in [-0.05, 0) is 57.5 Å². The van der Waals surface area contributed by atoms with Gasteiger partial charge in [0.1, 0.15) is 0 Å². The van der Waals surface area contributed by atoms with Gasteiger partial charge >= 0.3 is 0 Å². The predicted octanol–water partition coefficient (Wildman–Crippen LogP) is 2.79. The molecule has 0 N–H and O–H groups in total. The summed E-state index contributed by atoms with van der Waals surface area (Å²) in [6, 6.07) is 3.99. The molecule has 0 saturated carbocycles. The van der Waals surface area contributed by atoms with Gasteiger partial charge in [0, 0.05) is 25.6 Å². The average Bonchev–Trinajstić information content (AvgIpc) is 2.68. The van der Waals surface area contributed by atoms with Crippen LogP contribution in [-0.4, -0.2) is 63.2 Å². The fraction of sp³-hybridized carbons (Fsp3) is 0.650. The molecular weight excluding hydrogens is 332 g/mol. The molecule has 0 bridgehead atoms. The minimum atomic E-state index is 0.158. The Bertz CT molecular complexity index is 568. The summed E-state index contributed by atoms with van der Waals surface area (Å²) in [6.45, 7) is 8.33. The maximum absolute atomic E-state index is 12.5. The van der Waals surface area contributed by atoms with Crippen molar-refractivity contribution in [2.45, 2.75) is 33.2 Å². The number of ether oxygens (including phenoxy) is 3. The van der Waals surface area contributed by atoms with Crippen LogP contribution in [0.15, 0.2) is 12.1 Å². The lowest BCUT2D eigenvalue weighted by Gasteiger charge is -2.33. The highest BCUT2D eigenvalue weighted by molar-refractivity contribution is 5.78. The Morgan fingerprint density at radius 3 is 2.00 bits per heavy atom. The van der Waals surface area contributed by atoms with Gasteiger partial charge in [0.15, 0.2) is 11.5 Å². The molecule has 26 heavy (non-hydrogen) atoms. The van der Waals surface area contributed by atoms with Crippen molar-refractivity contribution >= 4 is 5.91 Å². The first-order chi connectivity index (χ1) is 12.6. The van der Waals surface area contributed by atoms with Gasteiger partial charge in [-0.25, -0.2) is 0 Å². The van der Waals surface area contributed by atoms with Gasteiger partial charge < -0.3 is 19.1 Å². The number of amides is 1. The molecule has 146 valence electrons. The summed E-state index contributed by atoms with van der Waals surface area (Å²) < 4.78 is 16.3. The molecule has 1 saturated heterocycles. The Balaban J connectivity index is 2.00. The van der Waals surface area contributed by atoms with Crippen LogP contribution in [0.5, 0.6) is 17.2 Å². The number of nitrogens with zero attached hydrogens (tertiary/aromatic N) is 2. The fourth-order valence-electron chi connectivity index (χ4n) is 3.62. The Morgan fingerprint density at radius 2 is 1.58 bits per heavy atom. The van der Waals surface area contributed by atoms with Gasteiger partial charge in [-0.1, -0.05) is 0 Å². The third-order valence-corrected chi connectivity index (χ3v) is 5.14.